The Labute approximate surface area is 149 Å². The van der Waals surface area contributed by atoms with Crippen LogP contribution in [0.4, 0.5) is 11.4 Å². The summed E-state index contributed by atoms with van der Waals surface area (Å²) >= 11 is 5.82. The summed E-state index contributed by atoms with van der Waals surface area (Å²) < 4.78 is 5.10. The number of amides is 2. The van der Waals surface area contributed by atoms with Gasteiger partial charge in [0.25, 0.3) is 5.91 Å². The number of rotatable bonds is 5. The van der Waals surface area contributed by atoms with Crippen molar-refractivity contribution in [2.45, 2.75) is 20.0 Å². The van der Waals surface area contributed by atoms with Crippen molar-refractivity contribution in [2.24, 2.45) is 0 Å². The fourth-order valence-corrected chi connectivity index (χ4v) is 2.10. The Balaban J connectivity index is 1.95. The molecule has 0 radical (unpaired) electrons. The molecule has 0 saturated heterocycles. The van der Waals surface area contributed by atoms with E-state index >= 15 is 0 Å². The molecule has 7 nitrogen and oxygen atoms in total. The largest absolute Gasteiger partial charge is 0.449 e. The number of hydrogen-bond acceptors (Lipinski definition) is 5. The SMILES string of the molecule is CC(=O)Nc1ccc(NC(=O)C(C)OC(=O)c2cccnc2Cl)cc1. The Morgan fingerprint density at radius 3 is 2.24 bits per heavy atom. The van der Waals surface area contributed by atoms with Crippen molar-refractivity contribution in [3.05, 3.63) is 53.3 Å². The predicted molar refractivity (Wildman–Crippen MR) is 93.5 cm³/mol. The third-order valence-electron chi connectivity index (χ3n) is 3.10. The molecule has 0 spiro atoms. The van der Waals surface area contributed by atoms with Crippen molar-refractivity contribution < 1.29 is 19.1 Å². The lowest BCUT2D eigenvalue weighted by Crippen LogP contribution is -2.30. The average Bonchev–Trinajstić information content (AvgIpc) is 2.56. The van der Waals surface area contributed by atoms with Crippen LogP contribution < -0.4 is 10.6 Å². The smallest absolute Gasteiger partial charge is 0.342 e. The van der Waals surface area contributed by atoms with Crippen molar-refractivity contribution in [2.75, 3.05) is 10.6 Å². The molecule has 2 N–H and O–H groups in total. The highest BCUT2D eigenvalue weighted by Crippen LogP contribution is 2.16. The van der Waals surface area contributed by atoms with Gasteiger partial charge in [0.05, 0.1) is 5.56 Å². The zero-order chi connectivity index (χ0) is 18.4. The van der Waals surface area contributed by atoms with Gasteiger partial charge in [0.2, 0.25) is 5.91 Å². The van der Waals surface area contributed by atoms with Crippen LogP contribution >= 0.6 is 11.6 Å². The lowest BCUT2D eigenvalue weighted by molar-refractivity contribution is -0.123. The van der Waals surface area contributed by atoms with E-state index in [0.29, 0.717) is 11.4 Å². The van der Waals surface area contributed by atoms with Crippen molar-refractivity contribution >= 4 is 40.8 Å². The highest BCUT2D eigenvalue weighted by atomic mass is 35.5. The van der Waals surface area contributed by atoms with Crippen LogP contribution in [0.1, 0.15) is 24.2 Å². The normalized spacial score (nSPS) is 11.3. The third kappa shape index (κ3) is 5.29. The van der Waals surface area contributed by atoms with Crippen molar-refractivity contribution in [3.8, 4) is 0 Å². The molecule has 1 heterocycles. The number of pyridine rings is 1. The number of ether oxygens (including phenoxy) is 1. The van der Waals surface area contributed by atoms with Gasteiger partial charge in [-0.25, -0.2) is 9.78 Å². The molecule has 2 rings (SSSR count). The van der Waals surface area contributed by atoms with E-state index in [1.165, 1.54) is 26.1 Å². The molecular formula is C17H16ClN3O4. The van der Waals surface area contributed by atoms with Crippen LogP contribution in [-0.4, -0.2) is 28.9 Å². The molecule has 0 aliphatic carbocycles. The van der Waals surface area contributed by atoms with Crippen molar-refractivity contribution in [1.82, 2.24) is 4.98 Å². The van der Waals surface area contributed by atoms with Gasteiger partial charge in [-0.15, -0.1) is 0 Å². The van der Waals surface area contributed by atoms with Gasteiger partial charge >= 0.3 is 5.97 Å². The van der Waals surface area contributed by atoms with E-state index in [0.717, 1.165) is 0 Å². The first kappa shape index (κ1) is 18.4. The maximum absolute atomic E-state index is 12.1. The summed E-state index contributed by atoms with van der Waals surface area (Å²) in [5.74, 6) is -1.42. The number of nitrogens with zero attached hydrogens (tertiary/aromatic N) is 1. The lowest BCUT2D eigenvalue weighted by atomic mass is 10.2. The Kier molecular flexibility index (Phi) is 6.08. The van der Waals surface area contributed by atoms with E-state index < -0.39 is 18.0 Å². The zero-order valence-corrected chi connectivity index (χ0v) is 14.3. The molecular weight excluding hydrogens is 346 g/mol. The molecule has 1 aromatic carbocycles. The second kappa shape index (κ2) is 8.25. The van der Waals surface area contributed by atoms with Gasteiger partial charge in [-0.2, -0.15) is 0 Å². The van der Waals surface area contributed by atoms with Gasteiger partial charge in [-0.1, -0.05) is 11.6 Å². The number of esters is 1. The molecule has 8 heteroatoms. The maximum atomic E-state index is 12.1. The molecule has 25 heavy (non-hydrogen) atoms. The number of halogens is 1. The van der Waals surface area contributed by atoms with E-state index in [4.69, 9.17) is 16.3 Å². The fourth-order valence-electron chi connectivity index (χ4n) is 1.90. The maximum Gasteiger partial charge on any atom is 0.342 e. The zero-order valence-electron chi connectivity index (χ0n) is 13.6. The first-order valence-electron chi connectivity index (χ1n) is 7.37. The van der Waals surface area contributed by atoms with Gasteiger partial charge in [-0.05, 0) is 43.3 Å². The molecule has 2 amide bonds. The molecule has 0 saturated carbocycles. The van der Waals surface area contributed by atoms with Crippen LogP contribution in [0.25, 0.3) is 0 Å². The predicted octanol–water partition coefficient (Wildman–Crippen LogP) is 2.88. The van der Waals surface area contributed by atoms with Gasteiger partial charge in [0.1, 0.15) is 5.15 Å². The van der Waals surface area contributed by atoms with E-state index in [1.54, 1.807) is 30.3 Å². The molecule has 130 valence electrons. The topological polar surface area (TPSA) is 97.4 Å². The molecule has 1 aromatic heterocycles. The fraction of sp³-hybridized carbons (Fsp3) is 0.176. The summed E-state index contributed by atoms with van der Waals surface area (Å²) in [5.41, 5.74) is 1.20. The Morgan fingerprint density at radius 1 is 1.08 bits per heavy atom. The highest BCUT2D eigenvalue weighted by Gasteiger charge is 2.21. The molecule has 0 aliphatic heterocycles. The minimum absolute atomic E-state index is 0.00803. The third-order valence-corrected chi connectivity index (χ3v) is 3.41. The summed E-state index contributed by atoms with van der Waals surface area (Å²) in [7, 11) is 0. The molecule has 0 bridgehead atoms. The monoisotopic (exact) mass is 361 g/mol. The van der Waals surface area contributed by atoms with Crippen LogP contribution in [0.5, 0.6) is 0 Å². The second-order valence-corrected chi connectivity index (χ2v) is 5.50. The number of hydrogen-bond donors (Lipinski definition) is 2. The van der Waals surface area contributed by atoms with Gasteiger partial charge in [0.15, 0.2) is 6.10 Å². The summed E-state index contributed by atoms with van der Waals surface area (Å²) in [6.07, 6.45) is 0.415. The first-order chi connectivity index (χ1) is 11.9. The summed E-state index contributed by atoms with van der Waals surface area (Å²) in [5, 5.41) is 5.24. The summed E-state index contributed by atoms with van der Waals surface area (Å²) in [6.45, 7) is 2.85. The Hall–Kier alpha value is -2.93. The molecule has 0 fully saturated rings. The first-order valence-corrected chi connectivity index (χ1v) is 7.74. The number of carbonyl (C=O) groups is 3. The van der Waals surface area contributed by atoms with Gasteiger partial charge < -0.3 is 15.4 Å². The second-order valence-electron chi connectivity index (χ2n) is 5.14. The Bertz CT molecular complexity index is 793. The van der Waals surface area contributed by atoms with Crippen molar-refractivity contribution in [3.63, 3.8) is 0 Å². The molecule has 1 atom stereocenters. The van der Waals surface area contributed by atoms with Crippen LogP contribution in [0.15, 0.2) is 42.6 Å². The average molecular weight is 362 g/mol. The number of benzene rings is 1. The standard InChI is InChI=1S/C17H16ClN3O4/c1-10(25-17(24)14-4-3-9-19-15(14)18)16(23)21-13-7-5-12(6-8-13)20-11(2)22/h3-10H,1-2H3,(H,20,22)(H,21,23). The number of aromatic nitrogens is 1. The summed E-state index contributed by atoms with van der Waals surface area (Å²) in [6, 6.07) is 9.53. The minimum atomic E-state index is -1.03. The molecule has 2 aromatic rings. The number of anilines is 2. The van der Waals surface area contributed by atoms with Crippen LogP contribution in [0.3, 0.4) is 0 Å². The van der Waals surface area contributed by atoms with Crippen molar-refractivity contribution in [1.29, 1.82) is 0 Å². The van der Waals surface area contributed by atoms with E-state index in [1.807, 2.05) is 0 Å². The van der Waals surface area contributed by atoms with Crippen LogP contribution in [-0.2, 0) is 14.3 Å². The molecule has 0 aliphatic rings. The highest BCUT2D eigenvalue weighted by molar-refractivity contribution is 6.32. The number of nitrogens with one attached hydrogen (secondary N) is 2. The van der Waals surface area contributed by atoms with Crippen LogP contribution in [0, 0.1) is 0 Å². The van der Waals surface area contributed by atoms with E-state index in [2.05, 4.69) is 15.6 Å². The minimum Gasteiger partial charge on any atom is -0.449 e. The Morgan fingerprint density at radius 2 is 1.68 bits per heavy atom. The van der Waals surface area contributed by atoms with Crippen LogP contribution in [0.2, 0.25) is 5.15 Å². The quantitative estimate of drug-likeness (QED) is 0.630. The number of carbonyl (C=O) groups excluding carboxylic acids is 3. The van der Waals surface area contributed by atoms with E-state index in [9.17, 15) is 14.4 Å². The van der Waals surface area contributed by atoms with Gasteiger partial charge in [0, 0.05) is 24.5 Å². The van der Waals surface area contributed by atoms with E-state index in [-0.39, 0.29) is 16.6 Å². The summed E-state index contributed by atoms with van der Waals surface area (Å²) in [4.78, 5) is 38.9. The lowest BCUT2D eigenvalue weighted by Gasteiger charge is -2.14. The van der Waals surface area contributed by atoms with Gasteiger partial charge in [-0.3, -0.25) is 9.59 Å². The molecule has 1 unspecified atom stereocenters.